The lowest BCUT2D eigenvalue weighted by molar-refractivity contribution is -0.384. The van der Waals surface area contributed by atoms with E-state index in [-0.39, 0.29) is 29.5 Å². The van der Waals surface area contributed by atoms with Crippen LogP contribution in [0.2, 0.25) is 0 Å². The highest BCUT2D eigenvalue weighted by Gasteiger charge is 2.37. The van der Waals surface area contributed by atoms with Crippen molar-refractivity contribution in [3.8, 4) is 5.75 Å². The van der Waals surface area contributed by atoms with Crippen molar-refractivity contribution in [3.63, 3.8) is 0 Å². The summed E-state index contributed by atoms with van der Waals surface area (Å²) >= 11 is 3.36. The summed E-state index contributed by atoms with van der Waals surface area (Å²) in [6, 6.07) is 14.3. The molecule has 3 aromatic rings. The topological polar surface area (TPSA) is 148 Å². The number of halogens is 1. The van der Waals surface area contributed by atoms with Gasteiger partial charge in [-0.3, -0.25) is 29.8 Å². The van der Waals surface area contributed by atoms with Crippen LogP contribution in [-0.4, -0.2) is 35.3 Å². The molecule has 0 spiro atoms. The number of rotatable bonds is 7. The molecule has 5 amide bonds. The van der Waals surface area contributed by atoms with Crippen LogP contribution in [0.15, 0.2) is 70.7 Å². The molecule has 4 rings (SSSR count). The molecule has 1 heterocycles. The van der Waals surface area contributed by atoms with E-state index in [9.17, 15) is 29.3 Å². The van der Waals surface area contributed by atoms with Gasteiger partial charge in [0.05, 0.1) is 15.1 Å². The van der Waals surface area contributed by atoms with Crippen LogP contribution in [0.3, 0.4) is 0 Å². The Bertz CT molecular complexity index is 1570. The molecule has 0 unspecified atom stereocenters. The van der Waals surface area contributed by atoms with Crippen molar-refractivity contribution in [2.24, 2.45) is 0 Å². The van der Waals surface area contributed by atoms with Gasteiger partial charge in [0.25, 0.3) is 23.4 Å². The molecular weight excluding hydrogens is 572 g/mol. The van der Waals surface area contributed by atoms with E-state index in [0.29, 0.717) is 26.4 Å². The number of ether oxygens (including phenoxy) is 1. The molecule has 12 heteroatoms. The Hall–Kier alpha value is -4.84. The highest BCUT2D eigenvalue weighted by Crippen LogP contribution is 2.29. The van der Waals surface area contributed by atoms with Gasteiger partial charge >= 0.3 is 6.03 Å². The number of benzene rings is 3. The number of amides is 5. The number of imide groups is 2. The highest BCUT2D eigenvalue weighted by molar-refractivity contribution is 9.10. The number of anilines is 2. The second kappa shape index (κ2) is 11.3. The van der Waals surface area contributed by atoms with Gasteiger partial charge in [0.15, 0.2) is 6.61 Å². The molecular formula is C27H21BrN4O7. The Morgan fingerprint density at radius 2 is 1.87 bits per heavy atom. The van der Waals surface area contributed by atoms with Crippen LogP contribution in [0.1, 0.15) is 16.7 Å². The first kappa shape index (κ1) is 27.2. The summed E-state index contributed by atoms with van der Waals surface area (Å²) < 4.78 is 6.06. The number of hydrogen-bond donors (Lipinski definition) is 2. The lowest BCUT2D eigenvalue weighted by Gasteiger charge is -2.26. The minimum absolute atomic E-state index is 0.0610. The summed E-state index contributed by atoms with van der Waals surface area (Å²) in [4.78, 5) is 61.4. The van der Waals surface area contributed by atoms with E-state index in [1.807, 2.05) is 32.0 Å². The lowest BCUT2D eigenvalue weighted by atomic mass is 10.1. The number of nitro benzene ring substituents is 1. The summed E-state index contributed by atoms with van der Waals surface area (Å²) in [5, 5.41) is 16.0. The Kier molecular flexibility index (Phi) is 7.86. The van der Waals surface area contributed by atoms with Gasteiger partial charge in [-0.05, 0) is 76.8 Å². The smallest absolute Gasteiger partial charge is 0.335 e. The lowest BCUT2D eigenvalue weighted by Crippen LogP contribution is -2.54. The number of hydrogen-bond acceptors (Lipinski definition) is 7. The third kappa shape index (κ3) is 6.18. The van der Waals surface area contributed by atoms with Crippen molar-refractivity contribution in [1.29, 1.82) is 0 Å². The van der Waals surface area contributed by atoms with E-state index in [0.717, 1.165) is 17.2 Å². The Morgan fingerprint density at radius 1 is 1.10 bits per heavy atom. The average molecular weight is 593 g/mol. The van der Waals surface area contributed by atoms with E-state index in [4.69, 9.17) is 4.74 Å². The molecule has 39 heavy (non-hydrogen) atoms. The number of barbiturate groups is 1. The molecule has 1 fully saturated rings. The first-order valence-corrected chi connectivity index (χ1v) is 12.3. The fourth-order valence-corrected chi connectivity index (χ4v) is 4.24. The fraction of sp³-hybridized carbons (Fsp3) is 0.111. The van der Waals surface area contributed by atoms with E-state index >= 15 is 0 Å². The molecule has 198 valence electrons. The molecule has 2 N–H and O–H groups in total. The summed E-state index contributed by atoms with van der Waals surface area (Å²) in [7, 11) is 0. The molecule has 0 atom stereocenters. The zero-order valence-corrected chi connectivity index (χ0v) is 22.3. The summed E-state index contributed by atoms with van der Waals surface area (Å²) in [6.45, 7) is 3.55. The van der Waals surface area contributed by atoms with Crippen LogP contribution in [0, 0.1) is 24.0 Å². The molecule has 0 aromatic heterocycles. The van der Waals surface area contributed by atoms with E-state index in [1.54, 1.807) is 18.2 Å². The molecule has 1 saturated heterocycles. The molecule has 0 bridgehead atoms. The molecule has 0 aliphatic carbocycles. The molecule has 0 saturated carbocycles. The van der Waals surface area contributed by atoms with E-state index < -0.39 is 22.8 Å². The predicted octanol–water partition coefficient (Wildman–Crippen LogP) is 4.66. The number of carbonyl (C=O) groups is 4. The van der Waals surface area contributed by atoms with Crippen molar-refractivity contribution in [2.75, 3.05) is 16.8 Å². The molecule has 3 aromatic carbocycles. The van der Waals surface area contributed by atoms with Crippen LogP contribution in [0.4, 0.5) is 21.9 Å². The van der Waals surface area contributed by atoms with Gasteiger partial charge in [-0.1, -0.05) is 24.3 Å². The maximum absolute atomic E-state index is 13.1. The number of nitrogens with zero attached hydrogens (tertiary/aromatic N) is 2. The number of non-ortho nitro benzene ring substituents is 1. The van der Waals surface area contributed by atoms with Crippen molar-refractivity contribution in [1.82, 2.24) is 5.32 Å². The van der Waals surface area contributed by atoms with Crippen LogP contribution in [0.5, 0.6) is 5.75 Å². The second-order valence-corrected chi connectivity index (χ2v) is 9.43. The Balaban J connectivity index is 1.50. The van der Waals surface area contributed by atoms with Gasteiger partial charge in [-0.2, -0.15) is 0 Å². The maximum Gasteiger partial charge on any atom is 0.335 e. The van der Waals surface area contributed by atoms with Crippen LogP contribution < -0.4 is 20.3 Å². The van der Waals surface area contributed by atoms with Crippen LogP contribution in [-0.2, 0) is 14.4 Å². The number of carbonyl (C=O) groups excluding carboxylic acids is 4. The molecule has 0 radical (unpaired) electrons. The van der Waals surface area contributed by atoms with Gasteiger partial charge in [0.1, 0.15) is 11.3 Å². The summed E-state index contributed by atoms with van der Waals surface area (Å²) in [5.41, 5.74) is 2.30. The van der Waals surface area contributed by atoms with Gasteiger partial charge in [0, 0.05) is 17.8 Å². The van der Waals surface area contributed by atoms with Gasteiger partial charge < -0.3 is 10.1 Å². The molecule has 11 nitrogen and oxygen atoms in total. The minimum atomic E-state index is -1.02. The third-order valence-electron chi connectivity index (χ3n) is 5.69. The van der Waals surface area contributed by atoms with Crippen molar-refractivity contribution in [3.05, 3.63) is 97.5 Å². The minimum Gasteiger partial charge on any atom is -0.483 e. The Morgan fingerprint density at radius 3 is 2.59 bits per heavy atom. The predicted molar refractivity (Wildman–Crippen MR) is 146 cm³/mol. The van der Waals surface area contributed by atoms with E-state index in [2.05, 4.69) is 26.6 Å². The maximum atomic E-state index is 13.1. The second-order valence-electron chi connectivity index (χ2n) is 8.58. The van der Waals surface area contributed by atoms with Gasteiger partial charge in [0.2, 0.25) is 0 Å². The molecule has 1 aliphatic heterocycles. The number of nitro groups is 1. The number of aryl methyl sites for hydroxylation is 2. The standard InChI is InChI=1S/C27H21BrN4O7/c1-15-6-7-16(2)22(10-15)29-24(33)14-39-23-9-8-17(12-21(23)28)11-20-25(34)30-27(36)31(26(20)35)18-4-3-5-19(13-18)32(37)38/h3-13H,14H2,1-2H3,(H,29,33)(H,30,34,36)/b20-11-. The SMILES string of the molecule is Cc1ccc(C)c(NC(=O)COc2ccc(/C=C3/C(=O)NC(=O)N(c4cccc([N+](=O)[O-])c4)C3=O)cc2Br)c1. The largest absolute Gasteiger partial charge is 0.483 e. The zero-order chi connectivity index (χ0) is 28.3. The number of nitrogens with one attached hydrogen (secondary N) is 2. The van der Waals surface area contributed by atoms with Gasteiger partial charge in [-0.15, -0.1) is 0 Å². The van der Waals surface area contributed by atoms with E-state index in [1.165, 1.54) is 24.3 Å². The quantitative estimate of drug-likeness (QED) is 0.175. The van der Waals surface area contributed by atoms with Crippen molar-refractivity contribution < 1.29 is 28.8 Å². The fourth-order valence-electron chi connectivity index (χ4n) is 3.73. The Labute approximate surface area is 230 Å². The van der Waals surface area contributed by atoms with Crippen LogP contribution in [0.25, 0.3) is 6.08 Å². The zero-order valence-electron chi connectivity index (χ0n) is 20.7. The first-order valence-electron chi connectivity index (χ1n) is 11.5. The monoisotopic (exact) mass is 592 g/mol. The van der Waals surface area contributed by atoms with Crippen LogP contribution >= 0.6 is 15.9 Å². The van der Waals surface area contributed by atoms with Gasteiger partial charge in [-0.25, -0.2) is 9.69 Å². The highest BCUT2D eigenvalue weighted by atomic mass is 79.9. The first-order chi connectivity index (χ1) is 18.5. The van der Waals surface area contributed by atoms with Crippen molar-refractivity contribution >= 4 is 62.8 Å². The molecule has 1 aliphatic rings. The summed E-state index contributed by atoms with van der Waals surface area (Å²) in [6.07, 6.45) is 1.27. The number of urea groups is 1. The normalized spacial score (nSPS) is 14.3. The summed E-state index contributed by atoms with van der Waals surface area (Å²) in [5.74, 6) is -1.85. The van der Waals surface area contributed by atoms with Crippen molar-refractivity contribution in [2.45, 2.75) is 13.8 Å². The average Bonchev–Trinajstić information content (AvgIpc) is 2.88. The third-order valence-corrected chi connectivity index (χ3v) is 6.31.